The zero-order valence-electron chi connectivity index (χ0n) is 11.0. The van der Waals surface area contributed by atoms with Crippen LogP contribution in [0.25, 0.3) is 0 Å². The summed E-state index contributed by atoms with van der Waals surface area (Å²) in [7, 11) is 0. The minimum Gasteiger partial charge on any atom is -0.478 e. The quantitative estimate of drug-likeness (QED) is 0.843. The third kappa shape index (κ3) is 3.61. The van der Waals surface area contributed by atoms with Gasteiger partial charge in [0.2, 0.25) is 0 Å². The third-order valence-corrected chi connectivity index (χ3v) is 4.18. The fourth-order valence-electron chi connectivity index (χ4n) is 1.73. The Hall–Kier alpha value is -1.74. The van der Waals surface area contributed by atoms with Crippen molar-refractivity contribution in [1.82, 2.24) is 0 Å². The van der Waals surface area contributed by atoms with E-state index in [0.29, 0.717) is 5.56 Å². The Labute approximate surface area is 117 Å². The molecule has 0 spiro atoms. The maximum absolute atomic E-state index is 11.0. The van der Waals surface area contributed by atoms with Crippen molar-refractivity contribution in [3.8, 4) is 0 Å². The number of carboxylic acid groups (broad SMARTS) is 1. The molecular weight excluding hydrogens is 256 g/mol. The molecular formula is C16H16O2S. The lowest BCUT2D eigenvalue weighted by Gasteiger charge is -2.07. The maximum atomic E-state index is 11.0. The second kappa shape index (κ2) is 5.93. The number of hydrogen-bond donors (Lipinski definition) is 1. The van der Waals surface area contributed by atoms with Gasteiger partial charge in [-0.05, 0) is 37.1 Å². The van der Waals surface area contributed by atoms with Gasteiger partial charge in [-0.3, -0.25) is 0 Å². The minimum absolute atomic E-state index is 0.344. The van der Waals surface area contributed by atoms with Gasteiger partial charge in [0, 0.05) is 10.6 Å². The van der Waals surface area contributed by atoms with Gasteiger partial charge < -0.3 is 5.11 Å². The number of carboxylic acids is 1. The van der Waals surface area contributed by atoms with Gasteiger partial charge in [-0.1, -0.05) is 35.9 Å². The zero-order valence-corrected chi connectivity index (χ0v) is 11.8. The summed E-state index contributed by atoms with van der Waals surface area (Å²) in [5, 5.41) is 9.01. The molecule has 2 aromatic rings. The van der Waals surface area contributed by atoms with Crippen LogP contribution in [-0.2, 0) is 5.75 Å². The Morgan fingerprint density at radius 2 is 1.79 bits per heavy atom. The molecule has 2 aromatic carbocycles. The van der Waals surface area contributed by atoms with E-state index in [2.05, 4.69) is 31.2 Å². The van der Waals surface area contributed by atoms with E-state index in [-0.39, 0.29) is 0 Å². The van der Waals surface area contributed by atoms with Crippen molar-refractivity contribution in [2.45, 2.75) is 24.5 Å². The molecule has 2 nitrogen and oxygen atoms in total. The molecule has 0 aliphatic heterocycles. The van der Waals surface area contributed by atoms with Crippen LogP contribution in [0.5, 0.6) is 0 Å². The number of aryl methyl sites for hydroxylation is 2. The third-order valence-electron chi connectivity index (χ3n) is 2.95. The Morgan fingerprint density at radius 3 is 2.42 bits per heavy atom. The number of hydrogen-bond acceptors (Lipinski definition) is 2. The molecule has 1 N–H and O–H groups in total. The van der Waals surface area contributed by atoms with Crippen molar-refractivity contribution in [3.63, 3.8) is 0 Å². The lowest BCUT2D eigenvalue weighted by molar-refractivity contribution is 0.0696. The molecule has 0 atom stereocenters. The van der Waals surface area contributed by atoms with Gasteiger partial charge >= 0.3 is 5.97 Å². The first-order valence-electron chi connectivity index (χ1n) is 6.08. The van der Waals surface area contributed by atoms with Crippen LogP contribution in [0, 0.1) is 13.8 Å². The summed E-state index contributed by atoms with van der Waals surface area (Å²) in [5.74, 6) is -0.0262. The maximum Gasteiger partial charge on any atom is 0.335 e. The lowest BCUT2D eigenvalue weighted by Crippen LogP contribution is -1.96. The molecule has 19 heavy (non-hydrogen) atoms. The van der Waals surface area contributed by atoms with Crippen LogP contribution in [0.1, 0.15) is 27.0 Å². The number of carbonyl (C=O) groups is 1. The summed E-state index contributed by atoms with van der Waals surface area (Å²) in [6.45, 7) is 4.07. The van der Waals surface area contributed by atoms with Gasteiger partial charge in [-0.25, -0.2) is 4.79 Å². The van der Waals surface area contributed by atoms with Crippen LogP contribution in [0.3, 0.4) is 0 Å². The molecule has 0 aliphatic rings. The first kappa shape index (κ1) is 13.7. The summed E-state index contributed by atoms with van der Waals surface area (Å²) in [6, 6.07) is 13.7. The molecule has 0 aromatic heterocycles. The molecule has 0 aliphatic carbocycles. The number of thioether (sulfide) groups is 1. The van der Waals surface area contributed by atoms with Crippen LogP contribution in [0.4, 0.5) is 0 Å². The summed E-state index contributed by atoms with van der Waals surface area (Å²) in [4.78, 5) is 12.0. The van der Waals surface area contributed by atoms with Crippen LogP contribution < -0.4 is 0 Å². The molecule has 0 fully saturated rings. The fraction of sp³-hybridized carbons (Fsp3) is 0.188. The second-order valence-electron chi connectivity index (χ2n) is 4.56. The lowest BCUT2D eigenvalue weighted by atomic mass is 10.1. The van der Waals surface area contributed by atoms with Crippen molar-refractivity contribution >= 4 is 17.7 Å². The summed E-state index contributed by atoms with van der Waals surface area (Å²) in [6.07, 6.45) is 0. The van der Waals surface area contributed by atoms with E-state index in [1.807, 2.05) is 13.0 Å². The van der Waals surface area contributed by atoms with Gasteiger partial charge in [0.05, 0.1) is 5.56 Å². The summed E-state index contributed by atoms with van der Waals surface area (Å²) in [5.41, 5.74) is 3.95. The van der Waals surface area contributed by atoms with Crippen LogP contribution in [-0.4, -0.2) is 11.1 Å². The van der Waals surface area contributed by atoms with E-state index in [1.165, 1.54) is 11.1 Å². The molecule has 0 heterocycles. The highest BCUT2D eigenvalue weighted by atomic mass is 32.2. The van der Waals surface area contributed by atoms with E-state index >= 15 is 0 Å². The average molecular weight is 272 g/mol. The minimum atomic E-state index is -0.878. The Kier molecular flexibility index (Phi) is 4.27. The van der Waals surface area contributed by atoms with Crippen LogP contribution in [0.2, 0.25) is 0 Å². The molecule has 98 valence electrons. The number of aromatic carboxylic acids is 1. The molecule has 0 saturated heterocycles. The first-order chi connectivity index (χ1) is 9.06. The predicted molar refractivity (Wildman–Crippen MR) is 78.9 cm³/mol. The van der Waals surface area contributed by atoms with Crippen molar-refractivity contribution in [2.75, 3.05) is 0 Å². The van der Waals surface area contributed by atoms with Crippen molar-refractivity contribution in [1.29, 1.82) is 0 Å². The van der Waals surface area contributed by atoms with E-state index in [0.717, 1.165) is 16.2 Å². The van der Waals surface area contributed by atoms with E-state index < -0.39 is 5.97 Å². The highest BCUT2D eigenvalue weighted by Gasteiger charge is 2.06. The second-order valence-corrected chi connectivity index (χ2v) is 5.58. The molecule has 0 saturated carbocycles. The predicted octanol–water partition coefficient (Wildman–Crippen LogP) is 4.29. The highest BCUT2D eigenvalue weighted by molar-refractivity contribution is 7.98. The van der Waals surface area contributed by atoms with E-state index in [4.69, 9.17) is 5.11 Å². The standard InChI is InChI=1S/C16H16O2S/c1-11-3-6-13(7-4-11)10-19-15-9-14(16(17)18)8-5-12(15)2/h3-9H,10H2,1-2H3,(H,17,18). The fourth-order valence-corrected chi connectivity index (χ4v) is 2.75. The SMILES string of the molecule is Cc1ccc(CSc2cc(C(=O)O)ccc2C)cc1. The summed E-state index contributed by atoms with van der Waals surface area (Å²) < 4.78 is 0. The molecule has 0 amide bonds. The molecule has 2 rings (SSSR count). The van der Waals surface area contributed by atoms with Gasteiger partial charge in [-0.15, -0.1) is 11.8 Å². The van der Waals surface area contributed by atoms with Gasteiger partial charge in [0.1, 0.15) is 0 Å². The Balaban J connectivity index is 2.12. The molecule has 3 heteroatoms. The molecule has 0 bridgehead atoms. The van der Waals surface area contributed by atoms with E-state index in [1.54, 1.807) is 23.9 Å². The van der Waals surface area contributed by atoms with Crippen LogP contribution in [0.15, 0.2) is 47.4 Å². The van der Waals surface area contributed by atoms with Gasteiger partial charge in [-0.2, -0.15) is 0 Å². The molecule has 0 radical (unpaired) electrons. The molecule has 0 unspecified atom stereocenters. The number of rotatable bonds is 4. The van der Waals surface area contributed by atoms with Gasteiger partial charge in [0.15, 0.2) is 0 Å². The normalized spacial score (nSPS) is 10.4. The first-order valence-corrected chi connectivity index (χ1v) is 7.07. The van der Waals surface area contributed by atoms with Crippen LogP contribution >= 0.6 is 11.8 Å². The highest BCUT2D eigenvalue weighted by Crippen LogP contribution is 2.27. The topological polar surface area (TPSA) is 37.3 Å². The van der Waals surface area contributed by atoms with Crippen molar-refractivity contribution in [3.05, 3.63) is 64.7 Å². The smallest absolute Gasteiger partial charge is 0.335 e. The number of benzene rings is 2. The summed E-state index contributed by atoms with van der Waals surface area (Å²) >= 11 is 1.67. The Morgan fingerprint density at radius 1 is 1.11 bits per heavy atom. The Bertz CT molecular complexity index is 588. The largest absolute Gasteiger partial charge is 0.478 e. The van der Waals surface area contributed by atoms with Crippen molar-refractivity contribution < 1.29 is 9.90 Å². The monoisotopic (exact) mass is 272 g/mol. The van der Waals surface area contributed by atoms with Crippen molar-refractivity contribution in [2.24, 2.45) is 0 Å². The van der Waals surface area contributed by atoms with E-state index in [9.17, 15) is 4.79 Å². The average Bonchev–Trinajstić information content (AvgIpc) is 2.39. The zero-order chi connectivity index (χ0) is 13.8. The van der Waals surface area contributed by atoms with Gasteiger partial charge in [0.25, 0.3) is 0 Å².